The predicted octanol–water partition coefficient (Wildman–Crippen LogP) is 1.95. The summed E-state index contributed by atoms with van der Waals surface area (Å²) in [6, 6.07) is 9.03. The Balaban J connectivity index is 1.81. The third-order valence-electron chi connectivity index (χ3n) is 8.04. The van der Waals surface area contributed by atoms with Gasteiger partial charge in [-0.05, 0) is 49.8 Å². The van der Waals surface area contributed by atoms with E-state index >= 15 is 0 Å². The number of aromatic hydroxyl groups is 1. The number of benzene rings is 2. The number of amides is 1. The minimum absolute atomic E-state index is 0.0190. The van der Waals surface area contributed by atoms with Crippen molar-refractivity contribution < 1.29 is 39.2 Å². The quantitative estimate of drug-likeness (QED) is 0.385. The van der Waals surface area contributed by atoms with Crippen LogP contribution in [0.5, 0.6) is 5.75 Å². The van der Waals surface area contributed by atoms with Crippen molar-refractivity contribution in [3.8, 4) is 5.75 Å². The predicted molar refractivity (Wildman–Crippen MR) is 134 cm³/mol. The molecule has 5 rings (SSSR count). The first-order valence-corrected chi connectivity index (χ1v) is 12.1. The molecule has 198 valence electrons. The largest absolute Gasteiger partial charge is 0.508 e. The Bertz CT molecular complexity index is 1450. The molecule has 0 aromatic heterocycles. The summed E-state index contributed by atoms with van der Waals surface area (Å²) in [4.78, 5) is 41.7. The van der Waals surface area contributed by atoms with Gasteiger partial charge in [0.1, 0.15) is 28.7 Å². The Kier molecular flexibility index (Phi) is 5.92. The first kappa shape index (κ1) is 25.6. The van der Waals surface area contributed by atoms with Gasteiger partial charge in [0.05, 0.1) is 11.6 Å². The average Bonchev–Trinajstić information content (AvgIpc) is 2.87. The summed E-state index contributed by atoms with van der Waals surface area (Å²) >= 11 is 0. The number of nitrogens with one attached hydrogen (secondary N) is 1. The highest BCUT2D eigenvalue weighted by Crippen LogP contribution is 2.57. The van der Waals surface area contributed by atoms with Crippen molar-refractivity contribution in [1.82, 2.24) is 10.2 Å². The minimum Gasteiger partial charge on any atom is -0.508 e. The molecule has 0 spiro atoms. The summed E-state index contributed by atoms with van der Waals surface area (Å²) in [7, 11) is 4.37. The Hall–Kier alpha value is -4.02. The standard InChI is InChI=1S/C28H27FN2O7/c1-30-27(37)21-24(34)22(31(2)3)16-11-15-18(12-7-9-13(29)10-8-12)14-5-4-6-17(32)19(14)23(33)20(15)25(35)28(16,38)26(21)36/h4-10,15-16,18,22,32-33,36,38H,11H2,1-3H3,(H,30,37)/t15-,16+,18+,22+,28+/m1/s1. The number of carbonyl (C=O) groups excluding carboxylic acids is 3. The molecule has 5 N–H and O–H groups in total. The van der Waals surface area contributed by atoms with Crippen LogP contribution in [0.4, 0.5) is 4.39 Å². The number of ketones is 2. The number of Topliss-reactive ketones (excluding diaryl/α,β-unsaturated/α-hetero) is 2. The average molecular weight is 523 g/mol. The fraction of sp³-hybridized carbons (Fsp3) is 0.321. The molecular weight excluding hydrogens is 495 g/mol. The van der Waals surface area contributed by atoms with Crippen LogP contribution in [0.25, 0.3) is 5.76 Å². The molecule has 10 heteroatoms. The van der Waals surface area contributed by atoms with E-state index in [0.717, 1.165) is 0 Å². The molecule has 1 saturated carbocycles. The number of likely N-dealkylation sites (N-methyl/N-ethyl adjacent to an activating group) is 2. The third-order valence-corrected chi connectivity index (χ3v) is 8.04. The van der Waals surface area contributed by atoms with E-state index < -0.39 is 69.8 Å². The Morgan fingerprint density at radius 1 is 1.08 bits per heavy atom. The van der Waals surface area contributed by atoms with Crippen molar-refractivity contribution in [2.45, 2.75) is 24.0 Å². The van der Waals surface area contributed by atoms with Crippen LogP contribution in [0.3, 0.4) is 0 Å². The molecule has 0 saturated heterocycles. The van der Waals surface area contributed by atoms with Gasteiger partial charge < -0.3 is 25.7 Å². The van der Waals surface area contributed by atoms with Gasteiger partial charge in [-0.15, -0.1) is 0 Å². The van der Waals surface area contributed by atoms with E-state index in [2.05, 4.69) is 5.32 Å². The molecule has 2 aromatic rings. The number of phenols is 1. The van der Waals surface area contributed by atoms with Crippen LogP contribution in [-0.4, -0.2) is 75.6 Å². The number of nitrogens with zero attached hydrogens (tertiary/aromatic N) is 1. The number of phenolic OH excluding ortho intramolecular Hbond substituents is 1. The molecule has 0 radical (unpaired) electrons. The van der Waals surface area contributed by atoms with Gasteiger partial charge in [0, 0.05) is 30.4 Å². The molecule has 1 amide bonds. The van der Waals surface area contributed by atoms with Gasteiger partial charge in [-0.1, -0.05) is 24.3 Å². The van der Waals surface area contributed by atoms with E-state index in [9.17, 15) is 39.2 Å². The van der Waals surface area contributed by atoms with Crippen molar-refractivity contribution in [2.75, 3.05) is 21.1 Å². The van der Waals surface area contributed by atoms with Gasteiger partial charge in [0.15, 0.2) is 11.4 Å². The molecule has 38 heavy (non-hydrogen) atoms. The summed E-state index contributed by atoms with van der Waals surface area (Å²) in [5.41, 5.74) is -2.63. The number of hydrogen-bond donors (Lipinski definition) is 5. The first-order chi connectivity index (χ1) is 17.9. The lowest BCUT2D eigenvalue weighted by Crippen LogP contribution is -2.66. The normalized spacial score (nSPS) is 28.7. The van der Waals surface area contributed by atoms with Crippen LogP contribution in [0.15, 0.2) is 59.4 Å². The van der Waals surface area contributed by atoms with Crippen molar-refractivity contribution in [1.29, 1.82) is 0 Å². The molecule has 9 nitrogen and oxygen atoms in total. The number of aliphatic hydroxyl groups is 3. The van der Waals surface area contributed by atoms with Gasteiger partial charge in [-0.25, -0.2) is 4.39 Å². The van der Waals surface area contributed by atoms with Gasteiger partial charge in [-0.3, -0.25) is 19.3 Å². The van der Waals surface area contributed by atoms with Crippen molar-refractivity contribution in [2.24, 2.45) is 11.8 Å². The zero-order chi connectivity index (χ0) is 27.7. The number of rotatable bonds is 3. The highest BCUT2D eigenvalue weighted by Gasteiger charge is 2.65. The first-order valence-electron chi connectivity index (χ1n) is 12.1. The highest BCUT2D eigenvalue weighted by molar-refractivity contribution is 6.25. The fourth-order valence-electron chi connectivity index (χ4n) is 6.42. The van der Waals surface area contributed by atoms with E-state index in [1.54, 1.807) is 26.2 Å². The maximum atomic E-state index is 14.2. The highest BCUT2D eigenvalue weighted by atomic mass is 19.1. The van der Waals surface area contributed by atoms with Gasteiger partial charge in [0.25, 0.3) is 5.91 Å². The minimum atomic E-state index is -2.69. The van der Waals surface area contributed by atoms with Crippen LogP contribution in [0, 0.1) is 17.7 Å². The van der Waals surface area contributed by atoms with Crippen LogP contribution >= 0.6 is 0 Å². The molecule has 0 aliphatic heterocycles. The second-order valence-corrected chi connectivity index (χ2v) is 10.2. The van der Waals surface area contributed by atoms with Gasteiger partial charge in [-0.2, -0.15) is 0 Å². The summed E-state index contributed by atoms with van der Waals surface area (Å²) in [6.45, 7) is 0. The number of aliphatic hydroxyl groups excluding tert-OH is 2. The second kappa shape index (κ2) is 8.78. The smallest absolute Gasteiger partial charge is 0.258 e. The van der Waals surface area contributed by atoms with E-state index in [1.807, 2.05) is 0 Å². The van der Waals surface area contributed by atoms with Gasteiger partial charge >= 0.3 is 0 Å². The third kappa shape index (κ3) is 3.33. The van der Waals surface area contributed by atoms with Crippen LogP contribution in [-0.2, 0) is 14.4 Å². The Morgan fingerprint density at radius 3 is 2.34 bits per heavy atom. The summed E-state index contributed by atoms with van der Waals surface area (Å²) in [6.07, 6.45) is -0.0571. The van der Waals surface area contributed by atoms with Crippen LogP contribution in [0.1, 0.15) is 29.0 Å². The number of carbonyl (C=O) groups is 3. The van der Waals surface area contributed by atoms with Gasteiger partial charge in [0.2, 0.25) is 5.78 Å². The van der Waals surface area contributed by atoms with Crippen LogP contribution < -0.4 is 5.32 Å². The molecule has 3 aliphatic carbocycles. The fourth-order valence-corrected chi connectivity index (χ4v) is 6.42. The molecular formula is C28H27FN2O7. The lowest BCUT2D eigenvalue weighted by atomic mass is 9.54. The van der Waals surface area contributed by atoms with Crippen molar-refractivity contribution >= 4 is 23.2 Å². The number of halogens is 1. The molecule has 1 fully saturated rings. The Labute approximate surface area is 217 Å². The SMILES string of the molecule is CNC(=O)C1=C(O)[C@@]2(O)C(=O)C3=C(O)c4c(O)cccc4[C@H](c4ccc(F)cc4)[C@H]3C[C@H]2[C@H](N(C)C)C1=O. The monoisotopic (exact) mass is 522 g/mol. The van der Waals surface area contributed by atoms with Crippen molar-refractivity contribution in [3.05, 3.63) is 81.9 Å². The van der Waals surface area contributed by atoms with E-state index in [1.165, 1.54) is 42.3 Å². The van der Waals surface area contributed by atoms with E-state index in [0.29, 0.717) is 11.1 Å². The summed E-state index contributed by atoms with van der Waals surface area (Å²) in [5.74, 6) is -7.87. The zero-order valence-electron chi connectivity index (χ0n) is 20.9. The maximum absolute atomic E-state index is 14.2. The molecule has 5 atom stereocenters. The van der Waals surface area contributed by atoms with E-state index in [4.69, 9.17) is 0 Å². The Morgan fingerprint density at radius 2 is 1.74 bits per heavy atom. The summed E-state index contributed by atoms with van der Waals surface area (Å²) < 4.78 is 13.8. The maximum Gasteiger partial charge on any atom is 0.258 e. The van der Waals surface area contributed by atoms with Crippen molar-refractivity contribution in [3.63, 3.8) is 0 Å². The lowest BCUT2D eigenvalue weighted by molar-refractivity contribution is -0.154. The second-order valence-electron chi connectivity index (χ2n) is 10.2. The molecule has 0 bridgehead atoms. The number of fused-ring (bicyclic) bond motifs is 3. The zero-order valence-corrected chi connectivity index (χ0v) is 20.9. The topological polar surface area (TPSA) is 147 Å². The lowest BCUT2D eigenvalue weighted by Gasteiger charge is -2.51. The number of hydrogen-bond acceptors (Lipinski definition) is 8. The molecule has 2 aromatic carbocycles. The summed E-state index contributed by atoms with van der Waals surface area (Å²) in [5, 5.41) is 47.2. The molecule has 3 aliphatic rings. The van der Waals surface area contributed by atoms with Crippen LogP contribution in [0.2, 0.25) is 0 Å². The molecule has 0 heterocycles. The van der Waals surface area contributed by atoms with E-state index in [-0.39, 0.29) is 23.3 Å². The molecule has 0 unspecified atom stereocenters.